The molecule has 1 atom stereocenters. The van der Waals surface area contributed by atoms with Crippen molar-refractivity contribution in [2.45, 2.75) is 4.29 Å². The number of carbonyl (C=O) groups excluding carboxylic acids is 2. The summed E-state index contributed by atoms with van der Waals surface area (Å²) < 4.78 is 4.39. The highest BCUT2D eigenvalue weighted by Gasteiger charge is 2.19. The van der Waals surface area contributed by atoms with Gasteiger partial charge in [-0.1, -0.05) is 15.9 Å². The van der Waals surface area contributed by atoms with E-state index in [0.29, 0.717) is 17.0 Å². The summed E-state index contributed by atoms with van der Waals surface area (Å²) in [4.78, 5) is 22.7. The lowest BCUT2D eigenvalue weighted by molar-refractivity contribution is -0.118. The first-order valence-corrected chi connectivity index (χ1v) is 5.82. The van der Waals surface area contributed by atoms with E-state index >= 15 is 0 Å². The standard InChI is InChI=1S/C10H7BrClNO3/c11-10(12)9(15)5-1-2-7-6(3-5)13-8(14)4-16-7/h1-3,10H,4H2,(H,13,14). The number of alkyl halides is 2. The van der Waals surface area contributed by atoms with Gasteiger partial charge in [0.05, 0.1) is 5.69 Å². The number of fused-ring (bicyclic) bond motifs is 1. The van der Waals surface area contributed by atoms with Gasteiger partial charge in [0.2, 0.25) is 0 Å². The first kappa shape index (κ1) is 11.4. The van der Waals surface area contributed by atoms with E-state index in [2.05, 4.69) is 21.2 Å². The third kappa shape index (κ3) is 2.20. The zero-order chi connectivity index (χ0) is 11.7. The average Bonchev–Trinajstić information content (AvgIpc) is 2.26. The molecular weight excluding hydrogens is 297 g/mol. The molecular formula is C10H7BrClNO3. The molecule has 0 bridgehead atoms. The van der Waals surface area contributed by atoms with Crippen molar-refractivity contribution in [3.63, 3.8) is 0 Å². The van der Waals surface area contributed by atoms with Crippen LogP contribution in [-0.2, 0) is 4.79 Å². The van der Waals surface area contributed by atoms with Gasteiger partial charge < -0.3 is 10.1 Å². The largest absolute Gasteiger partial charge is 0.482 e. The zero-order valence-electron chi connectivity index (χ0n) is 8.00. The number of ketones is 1. The molecule has 0 radical (unpaired) electrons. The van der Waals surface area contributed by atoms with Gasteiger partial charge in [0.15, 0.2) is 16.7 Å². The maximum Gasteiger partial charge on any atom is 0.262 e. The molecule has 1 aromatic rings. The number of carbonyl (C=O) groups is 2. The van der Waals surface area contributed by atoms with Crippen LogP contribution >= 0.6 is 27.5 Å². The van der Waals surface area contributed by atoms with Gasteiger partial charge in [0.1, 0.15) is 5.75 Å². The van der Waals surface area contributed by atoms with E-state index in [0.717, 1.165) is 0 Å². The van der Waals surface area contributed by atoms with Crippen molar-refractivity contribution in [1.82, 2.24) is 0 Å². The predicted molar refractivity (Wildman–Crippen MR) is 63.5 cm³/mol. The van der Waals surface area contributed by atoms with Crippen molar-refractivity contribution >= 4 is 44.9 Å². The molecule has 1 heterocycles. The number of hydrogen-bond acceptors (Lipinski definition) is 3. The van der Waals surface area contributed by atoms with Gasteiger partial charge >= 0.3 is 0 Å². The summed E-state index contributed by atoms with van der Waals surface area (Å²) in [5.74, 6) is 0.0551. The van der Waals surface area contributed by atoms with E-state index in [4.69, 9.17) is 16.3 Å². The zero-order valence-corrected chi connectivity index (χ0v) is 10.3. The molecule has 1 aromatic carbocycles. The molecule has 0 aromatic heterocycles. The van der Waals surface area contributed by atoms with E-state index < -0.39 is 4.29 Å². The van der Waals surface area contributed by atoms with Crippen LogP contribution in [0, 0.1) is 0 Å². The number of ether oxygens (including phenoxy) is 1. The van der Waals surface area contributed by atoms with Crippen LogP contribution in [0.25, 0.3) is 0 Å². The van der Waals surface area contributed by atoms with E-state index in [9.17, 15) is 9.59 Å². The Hall–Kier alpha value is -1.07. The molecule has 1 aliphatic rings. The quantitative estimate of drug-likeness (QED) is 0.673. The minimum atomic E-state index is -0.772. The van der Waals surface area contributed by atoms with Crippen LogP contribution in [0.15, 0.2) is 18.2 Å². The maximum atomic E-state index is 11.6. The minimum absolute atomic E-state index is 0.00311. The number of nitrogens with one attached hydrogen (secondary N) is 1. The fourth-order valence-corrected chi connectivity index (χ4v) is 1.75. The molecule has 1 unspecified atom stereocenters. The number of anilines is 1. The summed E-state index contributed by atoms with van der Waals surface area (Å²) in [6.45, 7) is -0.00311. The molecule has 2 rings (SSSR count). The number of amides is 1. The van der Waals surface area contributed by atoms with E-state index in [1.54, 1.807) is 18.2 Å². The van der Waals surface area contributed by atoms with Gasteiger partial charge in [0.25, 0.3) is 5.91 Å². The SMILES string of the molecule is O=C1COc2ccc(C(=O)C(Cl)Br)cc2N1. The van der Waals surface area contributed by atoms with Crippen molar-refractivity contribution in [2.24, 2.45) is 0 Å². The average molecular weight is 305 g/mol. The normalized spacial score (nSPS) is 15.8. The van der Waals surface area contributed by atoms with E-state index in [1.165, 1.54) is 0 Å². The lowest BCUT2D eigenvalue weighted by atomic mass is 10.1. The number of Topliss-reactive ketones (excluding diaryl/α,β-unsaturated/α-hetero) is 1. The smallest absolute Gasteiger partial charge is 0.262 e. The number of rotatable bonds is 2. The van der Waals surface area contributed by atoms with Crippen molar-refractivity contribution in [3.05, 3.63) is 23.8 Å². The summed E-state index contributed by atoms with van der Waals surface area (Å²) in [7, 11) is 0. The van der Waals surface area contributed by atoms with Gasteiger partial charge in [-0.05, 0) is 18.2 Å². The van der Waals surface area contributed by atoms with Crippen LogP contribution < -0.4 is 10.1 Å². The third-order valence-electron chi connectivity index (χ3n) is 2.10. The topological polar surface area (TPSA) is 55.4 Å². The Morgan fingerprint density at radius 3 is 3.00 bits per heavy atom. The van der Waals surface area contributed by atoms with Crippen LogP contribution in [0.4, 0.5) is 5.69 Å². The van der Waals surface area contributed by atoms with Gasteiger partial charge in [-0.3, -0.25) is 9.59 Å². The first-order valence-electron chi connectivity index (χ1n) is 4.47. The molecule has 84 valence electrons. The summed E-state index contributed by atoms with van der Waals surface area (Å²) in [6.07, 6.45) is 0. The van der Waals surface area contributed by atoms with Crippen LogP contribution in [0.1, 0.15) is 10.4 Å². The second-order valence-electron chi connectivity index (χ2n) is 3.21. The van der Waals surface area contributed by atoms with Crippen molar-refractivity contribution < 1.29 is 14.3 Å². The van der Waals surface area contributed by atoms with Crippen molar-refractivity contribution in [1.29, 1.82) is 0 Å². The lowest BCUT2D eigenvalue weighted by Crippen LogP contribution is -2.25. The molecule has 16 heavy (non-hydrogen) atoms. The van der Waals surface area contributed by atoms with E-state index in [1.807, 2.05) is 0 Å². The molecule has 0 fully saturated rings. The highest BCUT2D eigenvalue weighted by molar-refractivity contribution is 9.10. The Kier molecular flexibility index (Phi) is 3.16. The van der Waals surface area contributed by atoms with Crippen molar-refractivity contribution in [3.8, 4) is 5.75 Å². The number of benzene rings is 1. The van der Waals surface area contributed by atoms with Gasteiger partial charge in [-0.15, -0.1) is 11.6 Å². The maximum absolute atomic E-state index is 11.6. The fraction of sp³-hybridized carbons (Fsp3) is 0.200. The summed E-state index contributed by atoms with van der Waals surface area (Å²) >= 11 is 8.60. The minimum Gasteiger partial charge on any atom is -0.482 e. The summed E-state index contributed by atoms with van der Waals surface area (Å²) in [5, 5.41) is 2.62. The lowest BCUT2D eigenvalue weighted by Gasteiger charge is -2.18. The van der Waals surface area contributed by atoms with E-state index in [-0.39, 0.29) is 18.3 Å². The van der Waals surface area contributed by atoms with Crippen LogP contribution in [0.5, 0.6) is 5.75 Å². The highest BCUT2D eigenvalue weighted by Crippen LogP contribution is 2.29. The molecule has 0 aliphatic carbocycles. The second kappa shape index (κ2) is 4.43. The molecule has 0 saturated heterocycles. The molecule has 4 nitrogen and oxygen atoms in total. The first-order chi connectivity index (χ1) is 7.58. The van der Waals surface area contributed by atoms with Gasteiger partial charge in [-0.2, -0.15) is 0 Å². The van der Waals surface area contributed by atoms with Crippen molar-refractivity contribution in [2.75, 3.05) is 11.9 Å². The summed E-state index contributed by atoms with van der Waals surface area (Å²) in [6, 6.07) is 4.79. The highest BCUT2D eigenvalue weighted by atomic mass is 79.9. The number of hydrogen-bond donors (Lipinski definition) is 1. The number of halogens is 2. The Morgan fingerprint density at radius 1 is 1.56 bits per heavy atom. The van der Waals surface area contributed by atoms with Gasteiger partial charge in [-0.25, -0.2) is 0 Å². The van der Waals surface area contributed by atoms with Crippen LogP contribution in [-0.4, -0.2) is 22.6 Å². The van der Waals surface area contributed by atoms with Gasteiger partial charge in [0, 0.05) is 5.56 Å². The molecule has 0 spiro atoms. The fourth-order valence-electron chi connectivity index (χ4n) is 1.36. The Balaban J connectivity index is 2.35. The Morgan fingerprint density at radius 2 is 2.31 bits per heavy atom. The predicted octanol–water partition coefficient (Wildman–Crippen LogP) is 2.16. The Bertz CT molecular complexity index is 461. The third-order valence-corrected chi connectivity index (χ3v) is 2.71. The van der Waals surface area contributed by atoms with Crippen LogP contribution in [0.3, 0.4) is 0 Å². The second-order valence-corrected chi connectivity index (χ2v) is 5.09. The molecule has 0 saturated carbocycles. The molecule has 1 amide bonds. The molecule has 1 aliphatic heterocycles. The molecule has 1 N–H and O–H groups in total. The Labute approximate surface area is 105 Å². The monoisotopic (exact) mass is 303 g/mol. The summed E-state index contributed by atoms with van der Waals surface area (Å²) in [5.41, 5.74) is 0.911. The molecule has 6 heteroatoms. The van der Waals surface area contributed by atoms with Crippen LogP contribution in [0.2, 0.25) is 0 Å².